The van der Waals surface area contributed by atoms with Crippen molar-refractivity contribution in [1.82, 2.24) is 9.88 Å². The molecule has 29 heavy (non-hydrogen) atoms. The van der Waals surface area contributed by atoms with Crippen molar-refractivity contribution in [3.05, 3.63) is 60.0 Å². The van der Waals surface area contributed by atoms with Crippen molar-refractivity contribution in [3.8, 4) is 21.8 Å². The quantitative estimate of drug-likeness (QED) is 0.686. The maximum Gasteiger partial charge on any atom is 0.227 e. The maximum absolute atomic E-state index is 12.5. The zero-order chi connectivity index (χ0) is 20.2. The molecule has 1 aromatic heterocycles. The highest BCUT2D eigenvalue weighted by Crippen LogP contribution is 2.29. The van der Waals surface area contributed by atoms with Crippen molar-refractivity contribution in [2.45, 2.75) is 19.8 Å². The first-order valence-corrected chi connectivity index (χ1v) is 10.7. The molecule has 1 aliphatic heterocycles. The van der Waals surface area contributed by atoms with Gasteiger partial charge in [-0.15, -0.1) is 11.3 Å². The van der Waals surface area contributed by atoms with E-state index in [2.05, 4.69) is 22.8 Å². The van der Waals surface area contributed by atoms with Crippen LogP contribution < -0.4 is 5.32 Å². The molecule has 2 aromatic carbocycles. The Balaban J connectivity index is 1.38. The van der Waals surface area contributed by atoms with Gasteiger partial charge in [-0.05, 0) is 25.0 Å². The Morgan fingerprint density at radius 3 is 2.34 bits per heavy atom. The van der Waals surface area contributed by atoms with Crippen LogP contribution in [-0.2, 0) is 9.59 Å². The van der Waals surface area contributed by atoms with E-state index in [1.165, 1.54) is 0 Å². The number of benzene rings is 2. The zero-order valence-electron chi connectivity index (χ0n) is 16.3. The summed E-state index contributed by atoms with van der Waals surface area (Å²) in [6.45, 7) is 2.88. The third kappa shape index (κ3) is 4.54. The fourth-order valence-corrected chi connectivity index (χ4v) is 4.38. The fraction of sp³-hybridized carbons (Fsp3) is 0.261. The first-order valence-electron chi connectivity index (χ1n) is 9.78. The number of hydrogen-bond acceptors (Lipinski definition) is 4. The van der Waals surface area contributed by atoms with Crippen LogP contribution in [0.25, 0.3) is 21.8 Å². The second-order valence-electron chi connectivity index (χ2n) is 7.25. The monoisotopic (exact) mass is 405 g/mol. The van der Waals surface area contributed by atoms with E-state index >= 15 is 0 Å². The Hall–Kier alpha value is -2.99. The predicted octanol–water partition coefficient (Wildman–Crippen LogP) is 4.67. The largest absolute Gasteiger partial charge is 0.343 e. The van der Waals surface area contributed by atoms with E-state index in [1.807, 2.05) is 42.5 Å². The van der Waals surface area contributed by atoms with Gasteiger partial charge in [-0.25, -0.2) is 4.98 Å². The number of hydrogen-bond donors (Lipinski definition) is 1. The summed E-state index contributed by atoms with van der Waals surface area (Å²) < 4.78 is 0. The highest BCUT2D eigenvalue weighted by atomic mass is 32.1. The number of aromatic nitrogens is 1. The van der Waals surface area contributed by atoms with Crippen molar-refractivity contribution >= 4 is 28.8 Å². The molecule has 0 aliphatic carbocycles. The lowest BCUT2D eigenvalue weighted by atomic mass is 9.95. The van der Waals surface area contributed by atoms with Gasteiger partial charge in [0.1, 0.15) is 5.01 Å². The van der Waals surface area contributed by atoms with Crippen molar-refractivity contribution < 1.29 is 9.59 Å². The van der Waals surface area contributed by atoms with Crippen LogP contribution in [0, 0.1) is 5.92 Å². The molecular formula is C23H23N3O2S. The molecule has 148 valence electrons. The number of amides is 2. The summed E-state index contributed by atoms with van der Waals surface area (Å²) >= 11 is 1.62. The van der Waals surface area contributed by atoms with Crippen LogP contribution in [0.5, 0.6) is 0 Å². The summed E-state index contributed by atoms with van der Waals surface area (Å²) in [5.41, 5.74) is 3.86. The van der Waals surface area contributed by atoms with Gasteiger partial charge < -0.3 is 10.2 Å². The van der Waals surface area contributed by atoms with E-state index in [4.69, 9.17) is 4.98 Å². The number of nitrogens with one attached hydrogen (secondary N) is 1. The molecule has 0 saturated carbocycles. The lowest BCUT2D eigenvalue weighted by Crippen LogP contribution is -2.40. The summed E-state index contributed by atoms with van der Waals surface area (Å²) in [6.07, 6.45) is 1.43. The molecular weight excluding hydrogens is 382 g/mol. The summed E-state index contributed by atoms with van der Waals surface area (Å²) in [5.74, 6) is 0.0649. The Labute approximate surface area is 174 Å². The van der Waals surface area contributed by atoms with Gasteiger partial charge in [0.2, 0.25) is 11.8 Å². The number of nitrogens with zero attached hydrogens (tertiary/aromatic N) is 2. The van der Waals surface area contributed by atoms with Gasteiger partial charge in [-0.1, -0.05) is 42.5 Å². The van der Waals surface area contributed by atoms with Crippen LogP contribution in [0.3, 0.4) is 0 Å². The number of rotatable bonds is 4. The fourth-order valence-electron chi connectivity index (χ4n) is 3.54. The SMILES string of the molecule is CC(=O)N1CCC(C(=O)Nc2ccc(-c3csc(-c4ccccc4)n3)cc2)CC1. The zero-order valence-corrected chi connectivity index (χ0v) is 17.1. The number of carbonyl (C=O) groups is 2. The van der Waals surface area contributed by atoms with Crippen LogP contribution >= 0.6 is 11.3 Å². The molecule has 1 aliphatic rings. The standard InChI is InChI=1S/C23H23N3O2S/c1-16(27)26-13-11-18(12-14-26)22(28)24-20-9-7-17(8-10-20)21-15-29-23(25-21)19-5-3-2-4-6-19/h2-10,15,18H,11-14H2,1H3,(H,24,28). The average Bonchev–Trinajstić information content (AvgIpc) is 3.25. The second kappa shape index (κ2) is 8.57. The Morgan fingerprint density at radius 2 is 1.69 bits per heavy atom. The van der Waals surface area contributed by atoms with Crippen molar-refractivity contribution in [3.63, 3.8) is 0 Å². The number of anilines is 1. The first kappa shape index (κ1) is 19.3. The van der Waals surface area contributed by atoms with Gasteiger partial charge in [-0.2, -0.15) is 0 Å². The highest BCUT2D eigenvalue weighted by molar-refractivity contribution is 7.13. The van der Waals surface area contributed by atoms with Gasteiger partial charge in [-0.3, -0.25) is 9.59 Å². The lowest BCUT2D eigenvalue weighted by Gasteiger charge is -2.30. The van der Waals surface area contributed by atoms with Crippen molar-refractivity contribution in [1.29, 1.82) is 0 Å². The Bertz CT molecular complexity index is 990. The van der Waals surface area contributed by atoms with Gasteiger partial charge in [0.05, 0.1) is 5.69 Å². The Kier molecular flexibility index (Phi) is 5.71. The number of thiazole rings is 1. The van der Waals surface area contributed by atoms with E-state index in [9.17, 15) is 9.59 Å². The van der Waals surface area contributed by atoms with Crippen LogP contribution in [0.15, 0.2) is 60.0 Å². The van der Waals surface area contributed by atoms with E-state index in [0.717, 1.165) is 27.5 Å². The molecule has 0 radical (unpaired) electrons. The summed E-state index contributed by atoms with van der Waals surface area (Å²) in [4.78, 5) is 30.5. The molecule has 4 rings (SSSR count). The minimum atomic E-state index is -0.0442. The van der Waals surface area contributed by atoms with E-state index in [-0.39, 0.29) is 17.7 Å². The summed E-state index contributed by atoms with van der Waals surface area (Å²) in [6, 6.07) is 17.9. The molecule has 6 heteroatoms. The van der Waals surface area contributed by atoms with Crippen LogP contribution in [0.1, 0.15) is 19.8 Å². The van der Waals surface area contributed by atoms with Gasteiger partial charge >= 0.3 is 0 Å². The minimum absolute atomic E-state index is 0.0287. The van der Waals surface area contributed by atoms with E-state index < -0.39 is 0 Å². The van der Waals surface area contributed by atoms with E-state index in [1.54, 1.807) is 23.2 Å². The lowest BCUT2D eigenvalue weighted by molar-refractivity contribution is -0.132. The molecule has 5 nitrogen and oxygen atoms in total. The summed E-state index contributed by atoms with van der Waals surface area (Å²) in [7, 11) is 0. The molecule has 2 amide bonds. The molecule has 3 aromatic rings. The molecule has 2 heterocycles. The maximum atomic E-state index is 12.5. The molecule has 1 saturated heterocycles. The van der Waals surface area contributed by atoms with Crippen LogP contribution in [-0.4, -0.2) is 34.8 Å². The molecule has 0 bridgehead atoms. The average molecular weight is 406 g/mol. The second-order valence-corrected chi connectivity index (χ2v) is 8.11. The smallest absolute Gasteiger partial charge is 0.227 e. The highest BCUT2D eigenvalue weighted by Gasteiger charge is 2.26. The van der Waals surface area contributed by atoms with E-state index in [0.29, 0.717) is 25.9 Å². The third-order valence-electron chi connectivity index (χ3n) is 5.28. The molecule has 0 spiro atoms. The molecule has 1 N–H and O–H groups in total. The van der Waals surface area contributed by atoms with Crippen molar-refractivity contribution in [2.75, 3.05) is 18.4 Å². The molecule has 1 fully saturated rings. The van der Waals surface area contributed by atoms with Gasteiger partial charge in [0.25, 0.3) is 0 Å². The molecule has 0 atom stereocenters. The predicted molar refractivity (Wildman–Crippen MR) is 117 cm³/mol. The van der Waals surface area contributed by atoms with Gasteiger partial charge in [0, 0.05) is 48.1 Å². The molecule has 0 unspecified atom stereocenters. The number of piperidine rings is 1. The van der Waals surface area contributed by atoms with Gasteiger partial charge in [0.15, 0.2) is 0 Å². The number of likely N-dealkylation sites (tertiary alicyclic amines) is 1. The third-order valence-corrected chi connectivity index (χ3v) is 6.18. The van der Waals surface area contributed by atoms with Crippen molar-refractivity contribution in [2.24, 2.45) is 5.92 Å². The summed E-state index contributed by atoms with van der Waals surface area (Å²) in [5, 5.41) is 6.05. The van der Waals surface area contributed by atoms with Crippen LogP contribution in [0.4, 0.5) is 5.69 Å². The minimum Gasteiger partial charge on any atom is -0.343 e. The Morgan fingerprint density at radius 1 is 1.00 bits per heavy atom. The van der Waals surface area contributed by atoms with Crippen LogP contribution in [0.2, 0.25) is 0 Å². The number of carbonyl (C=O) groups excluding carboxylic acids is 2. The first-order chi connectivity index (χ1) is 14.1. The topological polar surface area (TPSA) is 62.3 Å². The normalized spacial score (nSPS) is 14.6.